The highest BCUT2D eigenvalue weighted by Gasteiger charge is 2.53. The van der Waals surface area contributed by atoms with E-state index in [0.29, 0.717) is 52.8 Å². The Hall–Kier alpha value is -4.00. The van der Waals surface area contributed by atoms with Crippen molar-refractivity contribution in [2.45, 2.75) is 48.6 Å². The van der Waals surface area contributed by atoms with Crippen molar-refractivity contribution >= 4 is 54.3 Å². The zero-order valence-electron chi connectivity index (χ0n) is 25.3. The molecule has 0 N–H and O–H groups in total. The molecule has 1 amide bonds. The Morgan fingerprint density at radius 2 is 1.70 bits per heavy atom. The normalized spacial score (nSPS) is 19.7. The summed E-state index contributed by atoms with van der Waals surface area (Å²) in [5.41, 5.74) is 3.57. The predicted octanol–water partition coefficient (Wildman–Crippen LogP) is 6.11. The number of amides is 1. The van der Waals surface area contributed by atoms with Crippen LogP contribution in [0.5, 0.6) is 0 Å². The molecule has 12 heteroatoms. The summed E-state index contributed by atoms with van der Waals surface area (Å²) in [6.07, 6.45) is 9.83. The maximum Gasteiger partial charge on any atom is 0.270 e. The number of aromatic nitrogens is 4. The van der Waals surface area contributed by atoms with Gasteiger partial charge in [0.05, 0.1) is 40.3 Å². The summed E-state index contributed by atoms with van der Waals surface area (Å²) in [6.45, 7) is 2.04. The summed E-state index contributed by atoms with van der Waals surface area (Å²) < 4.78 is 38.0. The van der Waals surface area contributed by atoms with Gasteiger partial charge in [0.2, 0.25) is 5.91 Å². The fourth-order valence-electron chi connectivity index (χ4n) is 7.43. The van der Waals surface area contributed by atoms with Crippen LogP contribution >= 0.6 is 15.9 Å². The second-order valence-corrected chi connectivity index (χ2v) is 14.8. The molecule has 3 aliphatic heterocycles. The molecule has 2 fully saturated rings. The molecule has 1 atom stereocenters. The molecule has 46 heavy (non-hydrogen) atoms. The highest BCUT2D eigenvalue weighted by molar-refractivity contribution is 9.10. The molecule has 0 saturated carbocycles. The Bertz CT molecular complexity index is 2060. The summed E-state index contributed by atoms with van der Waals surface area (Å²) in [5.74, 6) is 0.0107. The minimum atomic E-state index is -4.04. The molecule has 5 aromatic rings. The van der Waals surface area contributed by atoms with E-state index in [4.69, 9.17) is 9.72 Å². The average molecular weight is 702 g/mol. The van der Waals surface area contributed by atoms with Crippen molar-refractivity contribution in [1.29, 1.82) is 0 Å². The molecule has 0 aliphatic carbocycles. The third kappa shape index (κ3) is 4.37. The van der Waals surface area contributed by atoms with Crippen LogP contribution in [0.2, 0.25) is 0 Å². The van der Waals surface area contributed by atoms with E-state index in [-0.39, 0.29) is 17.0 Å². The van der Waals surface area contributed by atoms with Gasteiger partial charge in [0, 0.05) is 43.3 Å². The van der Waals surface area contributed by atoms with Crippen molar-refractivity contribution in [1.82, 2.24) is 18.7 Å². The molecule has 0 radical (unpaired) electrons. The van der Waals surface area contributed by atoms with Crippen molar-refractivity contribution in [2.24, 2.45) is 0 Å². The molecule has 2 aromatic carbocycles. The molecular formula is C34H33BrN6O4S. The smallest absolute Gasteiger partial charge is 0.270 e. The lowest BCUT2D eigenvalue weighted by Gasteiger charge is -2.39. The standard InChI is InChI=1S/C34H33BrN6O4S/c1-38-26-21-36-32-29(28(23-10-4-2-5-11-23)31(35)41(32)46(43,44)25-12-6-3-7-13-25)30(26)34(33(38)42)15-17-39(18-16-34)24-20-37-40(22-24)27-14-8-9-19-45-27/h2-7,10-13,20-22,27H,8-9,14-19H2,1H3. The maximum atomic E-state index is 14.3. The molecule has 2 saturated heterocycles. The molecular weight excluding hydrogens is 668 g/mol. The number of piperidine rings is 1. The number of carbonyl (C=O) groups excluding carboxylic acids is 1. The van der Waals surface area contributed by atoms with Crippen molar-refractivity contribution in [2.75, 3.05) is 36.5 Å². The number of nitrogens with zero attached hydrogens (tertiary/aromatic N) is 6. The molecule has 3 aromatic heterocycles. The lowest BCUT2D eigenvalue weighted by atomic mass is 9.72. The third-order valence-corrected chi connectivity index (χ3v) is 12.5. The second-order valence-electron chi connectivity index (χ2n) is 12.3. The van der Waals surface area contributed by atoms with E-state index < -0.39 is 15.4 Å². The number of pyridine rings is 1. The second kappa shape index (κ2) is 11.1. The maximum absolute atomic E-state index is 14.3. The van der Waals surface area contributed by atoms with Crippen molar-refractivity contribution < 1.29 is 17.9 Å². The fraction of sp³-hybridized carbons (Fsp3) is 0.324. The Morgan fingerprint density at radius 3 is 2.39 bits per heavy atom. The van der Waals surface area contributed by atoms with Crippen LogP contribution in [0.25, 0.3) is 22.2 Å². The number of rotatable bonds is 5. The van der Waals surface area contributed by atoms with Crippen LogP contribution in [0.15, 0.2) is 88.8 Å². The van der Waals surface area contributed by atoms with E-state index in [1.807, 2.05) is 47.4 Å². The van der Waals surface area contributed by atoms with Crippen molar-refractivity contribution in [3.05, 3.63) is 89.4 Å². The van der Waals surface area contributed by atoms with Crippen molar-refractivity contribution in [3.8, 4) is 11.1 Å². The van der Waals surface area contributed by atoms with Gasteiger partial charge < -0.3 is 14.5 Å². The monoisotopic (exact) mass is 700 g/mol. The predicted molar refractivity (Wildman–Crippen MR) is 179 cm³/mol. The lowest BCUT2D eigenvalue weighted by Crippen LogP contribution is -2.48. The third-order valence-electron chi connectivity index (χ3n) is 9.78. The molecule has 6 heterocycles. The number of halogens is 1. The van der Waals surface area contributed by atoms with Crippen LogP contribution < -0.4 is 9.80 Å². The number of anilines is 2. The summed E-state index contributed by atoms with van der Waals surface area (Å²) in [6, 6.07) is 18.1. The van der Waals surface area contributed by atoms with Gasteiger partial charge in [-0.25, -0.2) is 22.1 Å². The molecule has 1 spiro atoms. The van der Waals surface area contributed by atoms with Gasteiger partial charge in [-0.1, -0.05) is 48.5 Å². The Kier molecular flexibility index (Phi) is 7.07. The Morgan fingerprint density at radius 1 is 0.978 bits per heavy atom. The average Bonchev–Trinajstić information content (AvgIpc) is 3.76. The van der Waals surface area contributed by atoms with Crippen LogP contribution in [-0.4, -0.2) is 59.8 Å². The van der Waals surface area contributed by atoms with Gasteiger partial charge in [0.25, 0.3) is 10.0 Å². The highest BCUT2D eigenvalue weighted by atomic mass is 79.9. The van der Waals surface area contributed by atoms with Gasteiger partial charge in [-0.05, 0) is 65.7 Å². The van der Waals surface area contributed by atoms with Crippen LogP contribution in [0.1, 0.15) is 43.9 Å². The number of hydrogen-bond donors (Lipinski definition) is 0. The molecule has 236 valence electrons. The quantitative estimate of drug-likeness (QED) is 0.218. The minimum absolute atomic E-state index is 0.0107. The number of fused-ring (bicyclic) bond motifs is 4. The largest absolute Gasteiger partial charge is 0.369 e. The van der Waals surface area contributed by atoms with Crippen LogP contribution in [-0.2, 0) is 25.0 Å². The number of likely N-dealkylation sites (N-methyl/N-ethyl adjacent to an activating group) is 1. The SMILES string of the molecule is CN1C(=O)C2(CCN(c3cnn(C4CCCCO4)c3)CC2)c2c1cnc1c2c(-c2ccccc2)c(Br)n1S(=O)(=O)c1ccccc1. The highest BCUT2D eigenvalue weighted by Crippen LogP contribution is 2.54. The fourth-order valence-corrected chi connectivity index (χ4v) is 9.98. The number of hydrogen-bond acceptors (Lipinski definition) is 7. The first kappa shape index (κ1) is 29.4. The van der Waals surface area contributed by atoms with Gasteiger partial charge in [-0.3, -0.25) is 4.79 Å². The van der Waals surface area contributed by atoms with E-state index in [9.17, 15) is 13.2 Å². The zero-order valence-corrected chi connectivity index (χ0v) is 27.7. The van der Waals surface area contributed by atoms with Gasteiger partial charge in [0.15, 0.2) is 5.65 Å². The Balaban J connectivity index is 1.26. The van der Waals surface area contributed by atoms with Crippen molar-refractivity contribution in [3.63, 3.8) is 0 Å². The lowest BCUT2D eigenvalue weighted by molar-refractivity contribution is -0.123. The summed E-state index contributed by atoms with van der Waals surface area (Å²) in [7, 11) is -2.25. The molecule has 0 bridgehead atoms. The summed E-state index contributed by atoms with van der Waals surface area (Å²) >= 11 is 3.71. The van der Waals surface area contributed by atoms with Crippen LogP contribution in [0, 0.1) is 0 Å². The van der Waals surface area contributed by atoms with E-state index in [1.165, 1.54) is 3.97 Å². The van der Waals surface area contributed by atoms with Gasteiger partial charge in [-0.2, -0.15) is 5.10 Å². The number of carbonyl (C=O) groups is 1. The number of benzene rings is 2. The molecule has 10 nitrogen and oxygen atoms in total. The summed E-state index contributed by atoms with van der Waals surface area (Å²) in [5, 5.41) is 5.30. The number of ether oxygens (including phenoxy) is 1. The van der Waals surface area contributed by atoms with E-state index in [2.05, 4.69) is 25.9 Å². The van der Waals surface area contributed by atoms with Crippen LogP contribution in [0.3, 0.4) is 0 Å². The first-order valence-electron chi connectivity index (χ1n) is 15.6. The first-order chi connectivity index (χ1) is 22.3. The molecule has 8 rings (SSSR count). The minimum Gasteiger partial charge on any atom is -0.369 e. The zero-order chi connectivity index (χ0) is 31.6. The van der Waals surface area contributed by atoms with E-state index >= 15 is 0 Å². The van der Waals surface area contributed by atoms with Gasteiger partial charge in [-0.15, -0.1) is 0 Å². The summed E-state index contributed by atoms with van der Waals surface area (Å²) in [4.78, 5) is 23.2. The van der Waals surface area contributed by atoms with E-state index in [1.54, 1.807) is 48.5 Å². The molecule has 1 unspecified atom stereocenters. The molecule has 3 aliphatic rings. The Labute approximate surface area is 275 Å². The first-order valence-corrected chi connectivity index (χ1v) is 17.8. The van der Waals surface area contributed by atoms with Gasteiger partial charge >= 0.3 is 0 Å². The van der Waals surface area contributed by atoms with E-state index in [0.717, 1.165) is 42.7 Å². The topological polar surface area (TPSA) is 103 Å². The van der Waals surface area contributed by atoms with Crippen LogP contribution in [0.4, 0.5) is 11.4 Å². The van der Waals surface area contributed by atoms with Gasteiger partial charge in [0.1, 0.15) is 10.8 Å².